The Bertz CT molecular complexity index is 1180. The van der Waals surface area contributed by atoms with Crippen molar-refractivity contribution >= 4 is 35.1 Å². The number of nitrogens with zero attached hydrogens (tertiary/aromatic N) is 4. The second kappa shape index (κ2) is 10.5. The van der Waals surface area contributed by atoms with Gasteiger partial charge in [-0.25, -0.2) is 9.48 Å². The van der Waals surface area contributed by atoms with E-state index in [0.717, 1.165) is 4.90 Å². The molecule has 2 rings (SSSR count). The van der Waals surface area contributed by atoms with Crippen molar-refractivity contribution in [1.29, 1.82) is 0 Å². The van der Waals surface area contributed by atoms with Crippen molar-refractivity contribution in [1.82, 2.24) is 14.7 Å². The molecule has 10 nitrogen and oxygen atoms in total. The van der Waals surface area contributed by atoms with Crippen molar-refractivity contribution in [3.05, 3.63) is 49.2 Å². The Kier molecular flexibility index (Phi) is 8.44. The summed E-state index contributed by atoms with van der Waals surface area (Å²) in [5.74, 6) is 0.0638. The van der Waals surface area contributed by atoms with Crippen LogP contribution >= 0.6 is 23.2 Å². The second-order valence-corrected chi connectivity index (χ2v) is 9.64. The van der Waals surface area contributed by atoms with Crippen LogP contribution in [0.2, 0.25) is 10.0 Å². The number of carboxylic acid groups (broad SMARTS) is 1. The van der Waals surface area contributed by atoms with E-state index < -0.39 is 11.6 Å². The lowest BCUT2D eigenvalue weighted by atomic mass is 9.90. The molecule has 186 valence electrons. The summed E-state index contributed by atoms with van der Waals surface area (Å²) in [6.45, 7) is 8.68. The molecule has 1 aromatic carbocycles. The molecule has 4 N–H and O–H groups in total. The maximum atomic E-state index is 12.3. The van der Waals surface area contributed by atoms with Crippen molar-refractivity contribution in [2.45, 2.75) is 52.5 Å². The van der Waals surface area contributed by atoms with Gasteiger partial charge in [0, 0.05) is 24.2 Å². The van der Waals surface area contributed by atoms with Crippen molar-refractivity contribution in [2.24, 2.45) is 17.9 Å². The molecular formula is C22H29Cl2N5O5. The lowest BCUT2D eigenvalue weighted by Crippen LogP contribution is -2.52. The van der Waals surface area contributed by atoms with E-state index in [1.165, 1.54) is 11.7 Å². The lowest BCUT2D eigenvalue weighted by molar-refractivity contribution is 0.102. The van der Waals surface area contributed by atoms with Crippen LogP contribution in [0.3, 0.4) is 0 Å². The van der Waals surface area contributed by atoms with E-state index in [-0.39, 0.29) is 52.0 Å². The van der Waals surface area contributed by atoms with Gasteiger partial charge in [0.15, 0.2) is 11.6 Å². The topological polar surface area (TPSA) is 143 Å². The summed E-state index contributed by atoms with van der Waals surface area (Å²) in [6, 6.07) is 3.21. The molecule has 0 saturated heterocycles. The number of benzene rings is 1. The van der Waals surface area contributed by atoms with Crippen LogP contribution in [0.1, 0.15) is 50.3 Å². The van der Waals surface area contributed by atoms with Gasteiger partial charge in [-0.05, 0) is 50.3 Å². The van der Waals surface area contributed by atoms with Crippen LogP contribution in [0.25, 0.3) is 0 Å². The first kappa shape index (κ1) is 27.3. The third kappa shape index (κ3) is 5.92. The quantitative estimate of drug-likeness (QED) is 0.206. The van der Waals surface area contributed by atoms with Crippen molar-refractivity contribution in [2.75, 3.05) is 6.54 Å². The Hall–Kier alpha value is -2.98. The Morgan fingerprint density at radius 2 is 1.97 bits per heavy atom. The molecule has 0 aliphatic heterocycles. The van der Waals surface area contributed by atoms with Crippen LogP contribution in [0.4, 0.5) is 4.79 Å². The van der Waals surface area contributed by atoms with Crippen molar-refractivity contribution in [3.8, 4) is 11.6 Å². The summed E-state index contributed by atoms with van der Waals surface area (Å²) in [5, 5.41) is 25.9. The first-order valence-corrected chi connectivity index (χ1v) is 11.2. The minimum Gasteiger partial charge on any atom is -0.465 e. The monoisotopic (exact) mass is 513 g/mol. The van der Waals surface area contributed by atoms with Gasteiger partial charge in [0.25, 0.3) is 5.56 Å². The van der Waals surface area contributed by atoms with E-state index in [4.69, 9.17) is 38.9 Å². The number of oxime groups is 1. The second-order valence-electron chi connectivity index (χ2n) is 8.86. The molecule has 0 saturated carbocycles. The maximum absolute atomic E-state index is 12.3. The molecule has 0 bridgehead atoms. The summed E-state index contributed by atoms with van der Waals surface area (Å²) < 4.78 is 7.08. The number of halogens is 2. The molecule has 0 atom stereocenters. The molecule has 34 heavy (non-hydrogen) atoms. The van der Waals surface area contributed by atoms with Gasteiger partial charge >= 0.3 is 6.09 Å². The van der Waals surface area contributed by atoms with E-state index in [1.54, 1.807) is 32.9 Å². The van der Waals surface area contributed by atoms with E-state index >= 15 is 0 Å². The zero-order valence-corrected chi connectivity index (χ0v) is 21.4. The van der Waals surface area contributed by atoms with Crippen LogP contribution < -0.4 is 16.0 Å². The number of carbonyl (C=O) groups is 1. The minimum absolute atomic E-state index is 0.0385. The average molecular weight is 514 g/mol. The maximum Gasteiger partial charge on any atom is 0.408 e. The molecule has 0 spiro atoms. The largest absolute Gasteiger partial charge is 0.465 e. The number of amidine groups is 1. The first-order chi connectivity index (χ1) is 15.7. The number of ether oxygens (including phenoxy) is 1. The average Bonchev–Trinajstić information content (AvgIpc) is 2.74. The first-order valence-electron chi connectivity index (χ1n) is 10.4. The molecule has 0 radical (unpaired) electrons. The predicted molar refractivity (Wildman–Crippen MR) is 131 cm³/mol. The number of amides is 1. The Morgan fingerprint density at radius 1 is 1.35 bits per heavy atom. The number of aryl methyl sites for hydroxylation is 1. The minimum atomic E-state index is -1.23. The van der Waals surface area contributed by atoms with Crippen LogP contribution in [-0.2, 0) is 13.5 Å². The fourth-order valence-electron chi connectivity index (χ4n) is 3.49. The lowest BCUT2D eigenvalue weighted by Gasteiger charge is -2.37. The molecule has 12 heteroatoms. The molecule has 0 unspecified atom stereocenters. The van der Waals surface area contributed by atoms with Crippen LogP contribution in [0, 0.1) is 6.92 Å². The van der Waals surface area contributed by atoms with E-state index in [9.17, 15) is 14.7 Å². The normalized spacial score (nSPS) is 12.2. The number of hydrogen-bond donors (Lipinski definition) is 3. The van der Waals surface area contributed by atoms with Gasteiger partial charge in [-0.3, -0.25) is 9.69 Å². The number of rotatable bonds is 8. The zero-order valence-electron chi connectivity index (χ0n) is 19.9. The SMILES string of the molecule is Cc1c(CC(C)(C)N(C/C(N)=N/O)C(=O)O)cc(Cl)c(Oc2cc(C(C)C)c(=O)n(C)n2)c1Cl. The molecule has 2 aromatic rings. The van der Waals surface area contributed by atoms with Crippen molar-refractivity contribution in [3.63, 3.8) is 0 Å². The van der Waals surface area contributed by atoms with Crippen LogP contribution in [0.5, 0.6) is 11.6 Å². The highest BCUT2D eigenvalue weighted by molar-refractivity contribution is 6.37. The van der Waals surface area contributed by atoms with Crippen LogP contribution in [-0.4, -0.2) is 49.0 Å². The van der Waals surface area contributed by atoms with E-state index in [1.807, 2.05) is 13.8 Å². The number of aromatic nitrogens is 2. The highest BCUT2D eigenvalue weighted by atomic mass is 35.5. The molecule has 0 aliphatic carbocycles. The molecule has 1 aromatic heterocycles. The van der Waals surface area contributed by atoms with Crippen molar-refractivity contribution < 1.29 is 19.8 Å². The third-order valence-corrected chi connectivity index (χ3v) is 6.19. The van der Waals surface area contributed by atoms with Gasteiger partial charge < -0.3 is 20.8 Å². The van der Waals surface area contributed by atoms with Crippen LogP contribution in [0.15, 0.2) is 22.1 Å². The summed E-state index contributed by atoms with van der Waals surface area (Å²) in [5.41, 5.74) is 6.22. The highest BCUT2D eigenvalue weighted by Gasteiger charge is 2.33. The fraction of sp³-hybridized carbons (Fsp3) is 0.455. The Morgan fingerprint density at radius 3 is 2.50 bits per heavy atom. The number of nitrogens with two attached hydrogens (primary N) is 1. The summed E-state index contributed by atoms with van der Waals surface area (Å²) in [7, 11) is 1.53. The van der Waals surface area contributed by atoms with E-state index in [2.05, 4.69) is 10.3 Å². The number of hydrogen-bond acceptors (Lipinski definition) is 6. The summed E-state index contributed by atoms with van der Waals surface area (Å²) in [6.07, 6.45) is -0.993. The molecule has 0 aliphatic rings. The van der Waals surface area contributed by atoms with Gasteiger partial charge in [0.2, 0.25) is 5.88 Å². The molecule has 1 amide bonds. The van der Waals surface area contributed by atoms with Gasteiger partial charge in [0.05, 0.1) is 16.6 Å². The molecular weight excluding hydrogens is 485 g/mol. The highest BCUT2D eigenvalue weighted by Crippen LogP contribution is 2.41. The third-order valence-electron chi connectivity index (χ3n) is 5.46. The van der Waals surface area contributed by atoms with Gasteiger partial charge in [-0.15, -0.1) is 5.10 Å². The molecule has 0 fully saturated rings. The zero-order chi connectivity index (χ0) is 26.0. The van der Waals surface area contributed by atoms with Gasteiger partial charge in [0.1, 0.15) is 0 Å². The van der Waals surface area contributed by atoms with Gasteiger partial charge in [-0.2, -0.15) is 0 Å². The van der Waals surface area contributed by atoms with E-state index in [0.29, 0.717) is 16.7 Å². The summed E-state index contributed by atoms with van der Waals surface area (Å²) >= 11 is 13.1. The Balaban J connectivity index is 2.45. The van der Waals surface area contributed by atoms with Gasteiger partial charge in [-0.1, -0.05) is 42.2 Å². The Labute approximate surface area is 207 Å². The standard InChI is InChI=1S/C22H29Cl2N5O5/c1-11(2)14-8-17(26-28(6)20(14)30)34-19-15(23)7-13(12(3)18(19)24)9-22(4,5)29(21(31)32)10-16(25)27-33/h7-8,11,33H,9-10H2,1-6H3,(H2,25,27)(H,31,32). The smallest absolute Gasteiger partial charge is 0.408 e. The fourth-order valence-corrected chi connectivity index (χ4v) is 4.06. The summed E-state index contributed by atoms with van der Waals surface area (Å²) in [4.78, 5) is 25.2. The predicted octanol–water partition coefficient (Wildman–Crippen LogP) is 4.36. The molecule has 1 heterocycles.